The van der Waals surface area contributed by atoms with E-state index < -0.39 is 20.6 Å². The molecule has 0 unspecified atom stereocenters. The van der Waals surface area contributed by atoms with Gasteiger partial charge in [0, 0.05) is 16.3 Å². The molecule has 0 saturated heterocycles. The molecule has 1 amide bonds. The van der Waals surface area contributed by atoms with E-state index >= 15 is 0 Å². The first kappa shape index (κ1) is 14.6. The number of fused-ring (bicyclic) bond motifs is 1. The highest BCUT2D eigenvalue weighted by atomic mass is 35.5. The first-order valence-electron chi connectivity index (χ1n) is 6.32. The molecule has 7 heteroatoms. The van der Waals surface area contributed by atoms with Gasteiger partial charge in [0.1, 0.15) is 0 Å². The van der Waals surface area contributed by atoms with Crippen molar-refractivity contribution in [3.05, 3.63) is 64.0 Å². The summed E-state index contributed by atoms with van der Waals surface area (Å²) >= 11 is 5.82. The standard InChI is InChI=1S/C15H11ClN2O3S/c16-9-5-7-10(8-6-9)18-13-11-3-1-2-4-12(11)22(20,21)14(13)15(17)19/h1-8,18H,(H2,17,19). The van der Waals surface area contributed by atoms with Crippen molar-refractivity contribution in [2.75, 3.05) is 5.32 Å². The fraction of sp³-hybridized carbons (Fsp3) is 0. The Kier molecular flexibility index (Phi) is 3.42. The highest BCUT2D eigenvalue weighted by Gasteiger charge is 2.38. The molecule has 0 spiro atoms. The Balaban J connectivity index is 2.19. The fourth-order valence-corrected chi connectivity index (χ4v) is 4.09. The highest BCUT2D eigenvalue weighted by Crippen LogP contribution is 2.39. The van der Waals surface area contributed by atoms with E-state index in [0.29, 0.717) is 16.3 Å². The molecule has 22 heavy (non-hydrogen) atoms. The minimum atomic E-state index is -3.91. The molecule has 3 rings (SSSR count). The molecule has 0 saturated carbocycles. The van der Waals surface area contributed by atoms with Gasteiger partial charge in [-0.15, -0.1) is 0 Å². The van der Waals surface area contributed by atoms with E-state index in [1.807, 2.05) is 0 Å². The first-order chi connectivity index (χ1) is 10.4. The van der Waals surface area contributed by atoms with Crippen molar-refractivity contribution in [3.63, 3.8) is 0 Å². The van der Waals surface area contributed by atoms with Gasteiger partial charge in [-0.3, -0.25) is 4.79 Å². The van der Waals surface area contributed by atoms with Gasteiger partial charge in [-0.05, 0) is 30.3 Å². The number of hydrogen-bond donors (Lipinski definition) is 2. The highest BCUT2D eigenvalue weighted by molar-refractivity contribution is 7.97. The third-order valence-electron chi connectivity index (χ3n) is 3.28. The molecule has 0 radical (unpaired) electrons. The molecule has 0 aliphatic carbocycles. The van der Waals surface area contributed by atoms with Crippen LogP contribution >= 0.6 is 11.6 Å². The predicted octanol–water partition coefficient (Wildman–Crippen LogP) is 2.39. The molecule has 2 aromatic rings. The zero-order chi connectivity index (χ0) is 15.9. The van der Waals surface area contributed by atoms with Crippen LogP contribution in [0, 0.1) is 0 Å². The Hall–Kier alpha value is -2.31. The summed E-state index contributed by atoms with van der Waals surface area (Å²) in [6.07, 6.45) is 0. The summed E-state index contributed by atoms with van der Waals surface area (Å²) < 4.78 is 24.9. The van der Waals surface area contributed by atoms with E-state index in [1.165, 1.54) is 6.07 Å². The topological polar surface area (TPSA) is 89.3 Å². The van der Waals surface area contributed by atoms with E-state index in [0.717, 1.165) is 0 Å². The second-order valence-corrected chi connectivity index (χ2v) is 6.99. The second kappa shape index (κ2) is 5.15. The molecule has 2 aromatic carbocycles. The van der Waals surface area contributed by atoms with Crippen molar-refractivity contribution in [2.45, 2.75) is 4.90 Å². The summed E-state index contributed by atoms with van der Waals surface area (Å²) in [5.41, 5.74) is 6.49. The van der Waals surface area contributed by atoms with Crippen LogP contribution in [-0.2, 0) is 14.6 Å². The zero-order valence-corrected chi connectivity index (χ0v) is 12.8. The molecular formula is C15H11ClN2O3S. The van der Waals surface area contributed by atoms with E-state index in [2.05, 4.69) is 5.32 Å². The number of hydrogen-bond acceptors (Lipinski definition) is 4. The predicted molar refractivity (Wildman–Crippen MR) is 84.8 cm³/mol. The molecule has 0 aromatic heterocycles. The summed E-state index contributed by atoms with van der Waals surface area (Å²) in [5, 5.41) is 3.50. The van der Waals surface area contributed by atoms with Gasteiger partial charge < -0.3 is 11.1 Å². The van der Waals surface area contributed by atoms with Gasteiger partial charge in [0.15, 0.2) is 4.91 Å². The van der Waals surface area contributed by atoms with Gasteiger partial charge in [0.25, 0.3) is 5.91 Å². The SMILES string of the molecule is NC(=O)C1=C(Nc2ccc(Cl)cc2)c2ccccc2S1(=O)=O. The Morgan fingerprint density at radius 3 is 2.32 bits per heavy atom. The Morgan fingerprint density at radius 2 is 1.68 bits per heavy atom. The van der Waals surface area contributed by atoms with E-state index in [-0.39, 0.29) is 10.6 Å². The summed E-state index contributed by atoms with van der Waals surface area (Å²) in [6.45, 7) is 0. The summed E-state index contributed by atoms with van der Waals surface area (Å²) in [6, 6.07) is 13.0. The number of benzene rings is 2. The molecule has 5 nitrogen and oxygen atoms in total. The normalized spacial score (nSPS) is 15.5. The molecular weight excluding hydrogens is 324 g/mol. The van der Waals surface area contributed by atoms with Gasteiger partial charge in [-0.2, -0.15) is 0 Å². The Morgan fingerprint density at radius 1 is 1.05 bits per heavy atom. The number of halogens is 1. The molecule has 3 N–H and O–H groups in total. The summed E-state index contributed by atoms with van der Waals surface area (Å²) in [7, 11) is -3.91. The molecule has 0 fully saturated rings. The lowest BCUT2D eigenvalue weighted by atomic mass is 10.1. The number of carbonyl (C=O) groups excluding carboxylic acids is 1. The second-order valence-electron chi connectivity index (χ2n) is 4.70. The average molecular weight is 335 g/mol. The number of anilines is 1. The Bertz CT molecular complexity index is 903. The molecule has 112 valence electrons. The van der Waals surface area contributed by atoms with Crippen LogP contribution in [0.2, 0.25) is 5.02 Å². The van der Waals surface area contributed by atoms with Gasteiger partial charge in [-0.1, -0.05) is 29.8 Å². The number of nitrogens with two attached hydrogens (primary N) is 1. The monoisotopic (exact) mass is 334 g/mol. The third-order valence-corrected chi connectivity index (χ3v) is 5.41. The fourth-order valence-electron chi connectivity index (χ4n) is 2.33. The molecule has 0 atom stereocenters. The number of primary amides is 1. The van der Waals surface area contributed by atoms with Gasteiger partial charge in [0.05, 0.1) is 10.6 Å². The van der Waals surface area contributed by atoms with Crippen molar-refractivity contribution in [3.8, 4) is 0 Å². The Labute approximate surface area is 132 Å². The lowest BCUT2D eigenvalue weighted by Crippen LogP contribution is -2.20. The minimum Gasteiger partial charge on any atom is -0.365 e. The van der Waals surface area contributed by atoms with Crippen LogP contribution in [0.15, 0.2) is 58.3 Å². The molecule has 1 heterocycles. The molecule has 0 bridgehead atoms. The smallest absolute Gasteiger partial charge is 0.262 e. The lowest BCUT2D eigenvalue weighted by molar-refractivity contribution is -0.113. The number of nitrogens with one attached hydrogen (secondary N) is 1. The van der Waals surface area contributed by atoms with Crippen LogP contribution < -0.4 is 11.1 Å². The van der Waals surface area contributed by atoms with Crippen molar-refractivity contribution in [1.82, 2.24) is 0 Å². The van der Waals surface area contributed by atoms with Crippen LogP contribution in [0.25, 0.3) is 5.70 Å². The maximum absolute atomic E-state index is 12.5. The van der Waals surface area contributed by atoms with Crippen LogP contribution in [0.1, 0.15) is 5.56 Å². The summed E-state index contributed by atoms with van der Waals surface area (Å²) in [5.74, 6) is -0.993. The summed E-state index contributed by atoms with van der Waals surface area (Å²) in [4.78, 5) is 11.3. The van der Waals surface area contributed by atoms with Crippen LogP contribution in [0.4, 0.5) is 5.69 Å². The largest absolute Gasteiger partial charge is 0.365 e. The van der Waals surface area contributed by atoms with Crippen molar-refractivity contribution >= 4 is 38.7 Å². The van der Waals surface area contributed by atoms with E-state index in [4.69, 9.17) is 17.3 Å². The van der Waals surface area contributed by atoms with Crippen LogP contribution in [0.3, 0.4) is 0 Å². The average Bonchev–Trinajstić information content (AvgIpc) is 2.70. The number of carbonyl (C=O) groups is 1. The molecule has 1 aliphatic heterocycles. The number of rotatable bonds is 3. The van der Waals surface area contributed by atoms with Crippen molar-refractivity contribution < 1.29 is 13.2 Å². The lowest BCUT2D eigenvalue weighted by Gasteiger charge is -2.09. The van der Waals surface area contributed by atoms with Crippen LogP contribution in [0.5, 0.6) is 0 Å². The maximum Gasteiger partial charge on any atom is 0.262 e. The molecule has 1 aliphatic rings. The van der Waals surface area contributed by atoms with E-state index in [1.54, 1.807) is 42.5 Å². The van der Waals surface area contributed by atoms with Gasteiger partial charge in [0.2, 0.25) is 9.84 Å². The van der Waals surface area contributed by atoms with Gasteiger partial charge in [-0.25, -0.2) is 8.42 Å². The zero-order valence-electron chi connectivity index (χ0n) is 11.2. The van der Waals surface area contributed by atoms with Crippen molar-refractivity contribution in [2.24, 2.45) is 5.73 Å². The number of amides is 1. The number of sulfone groups is 1. The third kappa shape index (κ3) is 2.26. The maximum atomic E-state index is 12.5. The van der Waals surface area contributed by atoms with Gasteiger partial charge >= 0.3 is 0 Å². The minimum absolute atomic E-state index is 0.0697. The first-order valence-corrected chi connectivity index (χ1v) is 8.18. The van der Waals surface area contributed by atoms with Crippen LogP contribution in [-0.4, -0.2) is 14.3 Å². The quantitative estimate of drug-likeness (QED) is 0.902. The van der Waals surface area contributed by atoms with E-state index in [9.17, 15) is 13.2 Å². The van der Waals surface area contributed by atoms with Crippen molar-refractivity contribution in [1.29, 1.82) is 0 Å².